The zero-order valence-corrected chi connectivity index (χ0v) is 17.6. The third-order valence-corrected chi connectivity index (χ3v) is 5.46. The Hall–Kier alpha value is -0.870. The number of hydrogen-bond donors (Lipinski definition) is 3. The molecule has 0 saturated carbocycles. The number of phenols is 1. The number of carbonyl (C=O) groups is 1. The molecule has 0 spiro atoms. The maximum atomic E-state index is 10.2. The number of alkyl halides is 2. The Bertz CT molecular complexity index is 596. The van der Waals surface area contributed by atoms with E-state index in [1.807, 2.05) is 6.07 Å². The predicted molar refractivity (Wildman–Crippen MR) is 104 cm³/mol. The summed E-state index contributed by atoms with van der Waals surface area (Å²) in [5, 5.41) is 41.8. The first-order valence-corrected chi connectivity index (χ1v) is 9.30. The average Bonchev–Trinajstić information content (AvgIpc) is 2.64. The van der Waals surface area contributed by atoms with E-state index < -0.39 is 4.32 Å². The number of benzene rings is 1. The van der Waals surface area contributed by atoms with Crippen molar-refractivity contribution >= 4 is 61.3 Å². The van der Waals surface area contributed by atoms with Gasteiger partial charge >= 0.3 is 0 Å². The van der Waals surface area contributed by atoms with Gasteiger partial charge in [-0.2, -0.15) is 10.5 Å². The molecule has 0 aliphatic carbocycles. The summed E-state index contributed by atoms with van der Waals surface area (Å²) in [7, 11) is 0. The van der Waals surface area contributed by atoms with E-state index in [1.165, 1.54) is 12.1 Å². The topological polar surface area (TPSA) is 125 Å². The van der Waals surface area contributed by atoms with Crippen LogP contribution < -0.4 is 0 Å². The van der Waals surface area contributed by atoms with Crippen molar-refractivity contribution in [1.29, 1.82) is 10.5 Å². The van der Waals surface area contributed by atoms with E-state index in [4.69, 9.17) is 49.0 Å². The number of aliphatic hydroxyl groups excluding tert-OH is 2. The van der Waals surface area contributed by atoms with E-state index in [-0.39, 0.29) is 29.0 Å². The largest absolute Gasteiger partial charge is 0.505 e. The molecule has 0 saturated heterocycles. The summed E-state index contributed by atoms with van der Waals surface area (Å²) in [6.07, 6.45) is 1.58. The third kappa shape index (κ3) is 12.2. The lowest BCUT2D eigenvalue weighted by Gasteiger charge is -2.12. The van der Waals surface area contributed by atoms with Gasteiger partial charge in [-0.3, -0.25) is 4.79 Å². The minimum atomic E-state index is -0.553. The molecule has 3 N–H and O–H groups in total. The summed E-state index contributed by atoms with van der Waals surface area (Å²) < 4.78 is -0.553. The monoisotopic (exact) mass is 516 g/mol. The lowest BCUT2D eigenvalue weighted by Crippen LogP contribution is -2.19. The molecule has 0 heterocycles. The van der Waals surface area contributed by atoms with Crippen molar-refractivity contribution in [2.45, 2.75) is 17.2 Å². The molecule has 0 aliphatic rings. The smallest absolute Gasteiger partial charge is 0.152 e. The van der Waals surface area contributed by atoms with Crippen LogP contribution in [0.5, 0.6) is 5.75 Å². The minimum Gasteiger partial charge on any atom is -0.505 e. The normalized spacial score (nSPS) is 11.4. The summed E-state index contributed by atoms with van der Waals surface area (Å²) in [5.41, 5.74) is 0.345. The summed E-state index contributed by atoms with van der Waals surface area (Å²) in [6.45, 7) is -0.250. The van der Waals surface area contributed by atoms with Crippen LogP contribution in [0.25, 0.3) is 0 Å². The van der Waals surface area contributed by atoms with Gasteiger partial charge in [-0.15, -0.1) is 0 Å². The highest BCUT2D eigenvalue weighted by atomic mass is 79.9. The quantitative estimate of drug-likeness (QED) is 0.402. The first kappa shape index (κ1) is 26.4. The average molecular weight is 519 g/mol. The van der Waals surface area contributed by atoms with Crippen molar-refractivity contribution in [3.8, 4) is 17.9 Å². The number of carbonyl (C=O) groups excluding carboxylic acids is 1. The van der Waals surface area contributed by atoms with Crippen molar-refractivity contribution in [1.82, 2.24) is 0 Å². The number of aldehydes is 1. The highest BCUT2D eigenvalue weighted by Gasteiger charge is 2.23. The summed E-state index contributed by atoms with van der Waals surface area (Å²) in [5.74, 6) is -0.195. The third-order valence-electron chi connectivity index (χ3n) is 2.32. The van der Waals surface area contributed by atoms with Crippen LogP contribution in [0.4, 0.5) is 0 Å². The van der Waals surface area contributed by atoms with Gasteiger partial charge in [0.15, 0.2) is 5.75 Å². The fraction of sp³-hybridized carbons (Fsp3) is 0.400. The van der Waals surface area contributed by atoms with Crippen LogP contribution >= 0.6 is 55.1 Å². The molecular weight excluding hydrogens is 503 g/mol. The fourth-order valence-electron chi connectivity index (χ4n) is 1.06. The van der Waals surface area contributed by atoms with Gasteiger partial charge in [0.1, 0.15) is 10.6 Å². The first-order chi connectivity index (χ1) is 11.7. The van der Waals surface area contributed by atoms with Crippen molar-refractivity contribution in [3.63, 3.8) is 0 Å². The van der Waals surface area contributed by atoms with Gasteiger partial charge in [0.25, 0.3) is 0 Å². The van der Waals surface area contributed by atoms with E-state index in [9.17, 15) is 4.79 Å². The Kier molecular flexibility index (Phi) is 16.2. The van der Waals surface area contributed by atoms with Gasteiger partial charge in [-0.1, -0.05) is 55.1 Å². The van der Waals surface area contributed by atoms with Gasteiger partial charge in [-0.25, -0.2) is 0 Å². The van der Waals surface area contributed by atoms with Crippen LogP contribution in [0.3, 0.4) is 0 Å². The molecule has 1 atom stereocenters. The predicted octanol–water partition coefficient (Wildman–Crippen LogP) is 3.82. The maximum Gasteiger partial charge on any atom is 0.152 e. The molecule has 10 heteroatoms. The summed E-state index contributed by atoms with van der Waals surface area (Å²) >= 11 is 17.4. The van der Waals surface area contributed by atoms with Crippen LogP contribution in [0.15, 0.2) is 12.1 Å². The number of halogens is 4. The van der Waals surface area contributed by atoms with Gasteiger partial charge in [0.05, 0.1) is 35.4 Å². The van der Waals surface area contributed by atoms with Crippen LogP contribution in [0, 0.1) is 22.7 Å². The van der Waals surface area contributed by atoms with Crippen molar-refractivity contribution in [3.05, 3.63) is 27.7 Å². The summed E-state index contributed by atoms with van der Waals surface area (Å²) in [4.78, 5) is 10.2. The molecule has 0 aromatic heterocycles. The highest BCUT2D eigenvalue weighted by Crippen LogP contribution is 2.32. The molecule has 1 aromatic rings. The number of aromatic hydroxyl groups is 1. The van der Waals surface area contributed by atoms with Crippen LogP contribution in [-0.2, 0) is 0 Å². The zero-order valence-electron chi connectivity index (χ0n) is 12.9. The number of phenolic OH excluding ortho intramolecular Hbond substituents is 1. The van der Waals surface area contributed by atoms with Gasteiger partial charge < -0.3 is 15.3 Å². The Balaban J connectivity index is 0. The number of nitriles is 2. The summed E-state index contributed by atoms with van der Waals surface area (Å²) in [6, 6.07) is 6.76. The van der Waals surface area contributed by atoms with Gasteiger partial charge in [-0.05, 0) is 18.6 Å². The van der Waals surface area contributed by atoms with Crippen LogP contribution in [-0.4, -0.2) is 44.5 Å². The second kappa shape index (κ2) is 15.4. The van der Waals surface area contributed by atoms with E-state index in [0.29, 0.717) is 30.0 Å². The lowest BCUT2D eigenvalue weighted by atomic mass is 10.1. The Labute approximate surface area is 172 Å². The van der Waals surface area contributed by atoms with E-state index >= 15 is 0 Å². The maximum absolute atomic E-state index is 10.2. The molecule has 0 aliphatic heterocycles. The fourth-order valence-corrected chi connectivity index (χ4v) is 2.17. The Morgan fingerprint density at radius 2 is 1.68 bits per heavy atom. The van der Waals surface area contributed by atoms with Crippen molar-refractivity contribution in [2.24, 2.45) is 0 Å². The van der Waals surface area contributed by atoms with E-state index in [2.05, 4.69) is 37.9 Å². The van der Waals surface area contributed by atoms with Gasteiger partial charge in [0, 0.05) is 17.3 Å². The molecule has 25 heavy (non-hydrogen) atoms. The number of hydrogen-bond acceptors (Lipinski definition) is 6. The molecule has 0 amide bonds. The van der Waals surface area contributed by atoms with Crippen molar-refractivity contribution < 1.29 is 20.1 Å². The van der Waals surface area contributed by atoms with Gasteiger partial charge in [0.2, 0.25) is 0 Å². The van der Waals surface area contributed by atoms with E-state index in [0.717, 1.165) is 0 Å². The number of aliphatic hydroxyl groups is 2. The standard InChI is InChI=1S/C7H4Cl2O2.C6H6Br2N2.C2H6O2/c8-5-1-4(3-10)2-6(9)7(5)11;7-4-6(8,5-10)2-1-3-9;3-1-2-4/h1-3,11H;1-2,4H2;3-4H,1-2H2. The second-order valence-corrected chi connectivity index (χ2v) is 7.16. The number of rotatable bonds is 5. The Morgan fingerprint density at radius 1 is 1.20 bits per heavy atom. The van der Waals surface area contributed by atoms with Crippen molar-refractivity contribution in [2.75, 3.05) is 18.5 Å². The molecule has 1 rings (SSSR count). The molecule has 0 bridgehead atoms. The number of nitrogens with zero attached hydrogens (tertiary/aromatic N) is 2. The highest BCUT2D eigenvalue weighted by molar-refractivity contribution is 9.12. The zero-order chi connectivity index (χ0) is 19.9. The molecule has 0 fully saturated rings. The molecule has 6 nitrogen and oxygen atoms in total. The second-order valence-electron chi connectivity index (χ2n) is 4.27. The Morgan fingerprint density at radius 3 is 1.96 bits per heavy atom. The van der Waals surface area contributed by atoms with Crippen LogP contribution in [0.1, 0.15) is 23.2 Å². The molecule has 1 aromatic carbocycles. The molecular formula is C15H16Br2Cl2N2O4. The minimum absolute atomic E-state index is 0.0830. The van der Waals surface area contributed by atoms with E-state index in [1.54, 1.807) is 0 Å². The molecule has 138 valence electrons. The lowest BCUT2D eigenvalue weighted by molar-refractivity contribution is 0.112. The SMILES string of the molecule is N#CCCC(Br)(C#N)CBr.O=Cc1cc(Cl)c(O)c(Cl)c1.OCCO. The first-order valence-electron chi connectivity index (χ1n) is 6.63. The molecule has 1 unspecified atom stereocenters. The molecule has 0 radical (unpaired) electrons. The van der Waals surface area contributed by atoms with Crippen LogP contribution in [0.2, 0.25) is 10.0 Å².